The number of carboxylic acids is 1. The van der Waals surface area contributed by atoms with Gasteiger partial charge in [-0.1, -0.05) is 76.7 Å². The normalized spacial score (nSPS) is 19.6. The molecule has 4 atom stereocenters. The van der Waals surface area contributed by atoms with Gasteiger partial charge in [0, 0.05) is 13.0 Å². The number of unbranched alkanes of at least 4 members (excludes halogenated alkanes) is 8. The molecule has 1 aliphatic rings. The summed E-state index contributed by atoms with van der Waals surface area (Å²) in [6.45, 7) is 4.77. The first-order chi connectivity index (χ1) is 16.6. The first kappa shape index (κ1) is 30.9. The summed E-state index contributed by atoms with van der Waals surface area (Å²) in [5.41, 5.74) is 0. The molecule has 0 aromatic carbocycles. The van der Waals surface area contributed by atoms with Crippen molar-refractivity contribution in [1.82, 2.24) is 0 Å². The Kier molecular flexibility index (Phi) is 19.2. The fourth-order valence-electron chi connectivity index (χ4n) is 4.50. The van der Waals surface area contributed by atoms with Gasteiger partial charge in [0.05, 0.1) is 18.1 Å². The minimum atomic E-state index is -0.931. The maximum atomic E-state index is 11.4. The van der Waals surface area contributed by atoms with Crippen LogP contribution in [0.2, 0.25) is 0 Å². The molecule has 4 unspecified atom stereocenters. The van der Waals surface area contributed by atoms with Crippen LogP contribution in [-0.2, 0) is 14.3 Å². The summed E-state index contributed by atoms with van der Waals surface area (Å²) in [7, 11) is 0. The van der Waals surface area contributed by atoms with Gasteiger partial charge >= 0.3 is 5.97 Å². The van der Waals surface area contributed by atoms with Crippen molar-refractivity contribution in [3.63, 3.8) is 0 Å². The zero-order valence-corrected chi connectivity index (χ0v) is 22.0. The topological polar surface area (TPSA) is 76.0 Å². The molecule has 1 rings (SSSR count). The SMILES string of the molecule is CCCCCC=CCC=CCCCCCCCC(CC(O)C(CC)C(=O)O)OC1CCCCO1. The number of hydrogen-bond acceptors (Lipinski definition) is 4. The molecule has 34 heavy (non-hydrogen) atoms. The van der Waals surface area contributed by atoms with Gasteiger partial charge in [-0.3, -0.25) is 4.79 Å². The summed E-state index contributed by atoms with van der Waals surface area (Å²) in [4.78, 5) is 11.4. The molecule has 0 bridgehead atoms. The zero-order chi connectivity index (χ0) is 24.9. The Morgan fingerprint density at radius 1 is 0.971 bits per heavy atom. The van der Waals surface area contributed by atoms with E-state index in [2.05, 4.69) is 31.2 Å². The number of ether oxygens (including phenoxy) is 2. The van der Waals surface area contributed by atoms with Crippen LogP contribution in [0.15, 0.2) is 24.3 Å². The van der Waals surface area contributed by atoms with Crippen LogP contribution in [-0.4, -0.2) is 41.3 Å². The van der Waals surface area contributed by atoms with Gasteiger partial charge in [-0.15, -0.1) is 0 Å². The number of aliphatic hydroxyl groups excluding tert-OH is 1. The van der Waals surface area contributed by atoms with Crippen molar-refractivity contribution >= 4 is 5.97 Å². The van der Waals surface area contributed by atoms with Gasteiger partial charge in [0.25, 0.3) is 0 Å². The molecule has 5 heteroatoms. The fourth-order valence-corrected chi connectivity index (χ4v) is 4.50. The van der Waals surface area contributed by atoms with Crippen molar-refractivity contribution in [2.75, 3.05) is 6.61 Å². The Morgan fingerprint density at radius 2 is 1.65 bits per heavy atom. The number of allylic oxidation sites excluding steroid dienone is 4. The van der Waals surface area contributed by atoms with Gasteiger partial charge in [0.15, 0.2) is 6.29 Å². The van der Waals surface area contributed by atoms with Crippen molar-refractivity contribution in [1.29, 1.82) is 0 Å². The first-order valence-corrected chi connectivity index (χ1v) is 14.1. The number of hydrogen-bond donors (Lipinski definition) is 2. The monoisotopic (exact) mass is 480 g/mol. The minimum absolute atomic E-state index is 0.149. The maximum absolute atomic E-state index is 11.4. The molecule has 2 N–H and O–H groups in total. The van der Waals surface area contributed by atoms with Crippen molar-refractivity contribution in [2.24, 2.45) is 5.92 Å². The van der Waals surface area contributed by atoms with Gasteiger partial charge in [0.1, 0.15) is 0 Å². The van der Waals surface area contributed by atoms with E-state index in [0.717, 1.165) is 58.0 Å². The van der Waals surface area contributed by atoms with E-state index in [1.807, 2.05) is 6.92 Å². The Morgan fingerprint density at radius 3 is 2.26 bits per heavy atom. The predicted molar refractivity (Wildman–Crippen MR) is 140 cm³/mol. The summed E-state index contributed by atoms with van der Waals surface area (Å²) in [6, 6.07) is 0. The summed E-state index contributed by atoms with van der Waals surface area (Å²) >= 11 is 0. The molecule has 1 heterocycles. The number of rotatable bonds is 21. The van der Waals surface area contributed by atoms with Gasteiger partial charge in [-0.05, 0) is 64.2 Å². The Labute approximate surface area is 209 Å². The van der Waals surface area contributed by atoms with Crippen LogP contribution in [0.3, 0.4) is 0 Å². The maximum Gasteiger partial charge on any atom is 0.309 e. The lowest BCUT2D eigenvalue weighted by molar-refractivity contribution is -0.196. The summed E-state index contributed by atoms with van der Waals surface area (Å²) in [5, 5.41) is 19.9. The molecule has 198 valence electrons. The minimum Gasteiger partial charge on any atom is -0.481 e. The average molecular weight is 481 g/mol. The van der Waals surface area contributed by atoms with Crippen LogP contribution in [0.4, 0.5) is 0 Å². The largest absolute Gasteiger partial charge is 0.481 e. The lowest BCUT2D eigenvalue weighted by Crippen LogP contribution is -2.35. The second-order valence-electron chi connectivity index (χ2n) is 9.73. The Balaban J connectivity index is 2.21. The van der Waals surface area contributed by atoms with Crippen LogP contribution in [0.25, 0.3) is 0 Å². The summed E-state index contributed by atoms with van der Waals surface area (Å²) < 4.78 is 11.9. The van der Waals surface area contributed by atoms with Crippen LogP contribution >= 0.6 is 0 Å². The van der Waals surface area contributed by atoms with Gasteiger partial charge in [-0.2, -0.15) is 0 Å². The molecule has 1 aliphatic heterocycles. The van der Waals surface area contributed by atoms with Crippen LogP contribution in [0.5, 0.6) is 0 Å². The zero-order valence-electron chi connectivity index (χ0n) is 22.0. The van der Waals surface area contributed by atoms with E-state index in [9.17, 15) is 15.0 Å². The molecule has 0 amide bonds. The quantitative estimate of drug-likeness (QED) is 0.131. The number of aliphatic carboxylic acids is 1. The molecular formula is C29H52O5. The molecule has 0 aromatic heterocycles. The number of carbonyl (C=O) groups is 1. The third-order valence-corrected chi connectivity index (χ3v) is 6.68. The first-order valence-electron chi connectivity index (χ1n) is 14.1. The molecule has 0 aromatic rings. The Hall–Kier alpha value is -1.17. The molecule has 1 saturated heterocycles. The second kappa shape index (κ2) is 21.1. The average Bonchev–Trinajstić information content (AvgIpc) is 2.82. The highest BCUT2D eigenvalue weighted by molar-refractivity contribution is 5.70. The highest BCUT2D eigenvalue weighted by Gasteiger charge is 2.29. The third kappa shape index (κ3) is 15.7. The lowest BCUT2D eigenvalue weighted by Gasteiger charge is -2.30. The molecule has 0 spiro atoms. The highest BCUT2D eigenvalue weighted by atomic mass is 16.7. The number of carboxylic acid groups (broad SMARTS) is 1. The Bertz CT molecular complexity index is 539. The van der Waals surface area contributed by atoms with Crippen LogP contribution in [0, 0.1) is 5.92 Å². The molecular weight excluding hydrogens is 428 g/mol. The molecule has 0 radical (unpaired) electrons. The molecule has 5 nitrogen and oxygen atoms in total. The van der Waals surface area contributed by atoms with E-state index in [-0.39, 0.29) is 12.4 Å². The van der Waals surface area contributed by atoms with Crippen molar-refractivity contribution in [2.45, 2.75) is 141 Å². The third-order valence-electron chi connectivity index (χ3n) is 6.68. The van der Waals surface area contributed by atoms with Gasteiger partial charge < -0.3 is 19.7 Å². The molecule has 1 fully saturated rings. The van der Waals surface area contributed by atoms with E-state index in [1.54, 1.807) is 0 Å². The van der Waals surface area contributed by atoms with E-state index in [1.165, 1.54) is 44.9 Å². The van der Waals surface area contributed by atoms with Gasteiger partial charge in [0.2, 0.25) is 0 Å². The van der Waals surface area contributed by atoms with Crippen molar-refractivity contribution in [3.8, 4) is 0 Å². The van der Waals surface area contributed by atoms with E-state index in [4.69, 9.17) is 9.47 Å². The van der Waals surface area contributed by atoms with Crippen LogP contribution < -0.4 is 0 Å². The van der Waals surface area contributed by atoms with Crippen LogP contribution in [0.1, 0.15) is 123 Å². The molecule has 0 saturated carbocycles. The second-order valence-corrected chi connectivity index (χ2v) is 9.73. The van der Waals surface area contributed by atoms with Gasteiger partial charge in [-0.25, -0.2) is 0 Å². The fraction of sp³-hybridized carbons (Fsp3) is 0.828. The van der Waals surface area contributed by atoms with Crippen molar-refractivity contribution < 1.29 is 24.5 Å². The molecule has 0 aliphatic carbocycles. The highest BCUT2D eigenvalue weighted by Crippen LogP contribution is 2.24. The lowest BCUT2D eigenvalue weighted by atomic mass is 9.93. The van der Waals surface area contributed by atoms with E-state index < -0.39 is 18.0 Å². The summed E-state index contributed by atoms with van der Waals surface area (Å²) in [5.74, 6) is -1.66. The van der Waals surface area contributed by atoms with E-state index in [0.29, 0.717) is 12.8 Å². The predicted octanol–water partition coefficient (Wildman–Crippen LogP) is 7.57. The standard InChI is InChI=1S/C29H52O5/c1-3-5-6-7-8-9-10-11-12-13-14-15-16-17-18-21-25(34-28-22-19-20-23-33-28)24-27(30)26(4-2)29(31)32/h8-9,11-12,25-28,30H,3-7,10,13-24H2,1-2H3,(H,31,32). The summed E-state index contributed by atoms with van der Waals surface area (Å²) in [6.07, 6.45) is 25.7. The van der Waals surface area contributed by atoms with Crippen molar-refractivity contribution in [3.05, 3.63) is 24.3 Å². The number of aliphatic hydroxyl groups is 1. The van der Waals surface area contributed by atoms with E-state index >= 15 is 0 Å². The smallest absolute Gasteiger partial charge is 0.309 e.